The number of nitrogens with zero attached hydrogens (tertiary/aromatic N) is 1. The highest BCUT2D eigenvalue weighted by Gasteiger charge is 2.20. The number of nitrogens with two attached hydrogens (primary N) is 1. The van der Waals surface area contributed by atoms with E-state index in [2.05, 4.69) is 35.8 Å². The van der Waals surface area contributed by atoms with Gasteiger partial charge in [0.15, 0.2) is 0 Å². The lowest BCUT2D eigenvalue weighted by atomic mass is 9.90. The summed E-state index contributed by atoms with van der Waals surface area (Å²) in [7, 11) is 0. The van der Waals surface area contributed by atoms with Gasteiger partial charge < -0.3 is 5.73 Å². The Hall–Kier alpha value is -1.83. The molecule has 1 heterocycles. The predicted molar refractivity (Wildman–Crippen MR) is 71.8 cm³/mol. The molecule has 86 valence electrons. The smallest absolute Gasteiger partial charge is 0.131 e. The Labute approximate surface area is 102 Å². The van der Waals surface area contributed by atoms with Crippen molar-refractivity contribution in [1.29, 1.82) is 0 Å². The molecular weight excluding hydrogens is 208 g/mol. The molecule has 2 aliphatic rings. The van der Waals surface area contributed by atoms with E-state index in [9.17, 15) is 0 Å². The first-order chi connectivity index (χ1) is 8.25. The maximum Gasteiger partial charge on any atom is 0.131 e. The minimum atomic E-state index is 0.625. The molecule has 0 aromatic heterocycles. The largest absolute Gasteiger partial charge is 0.383 e. The van der Waals surface area contributed by atoms with E-state index in [1.54, 1.807) is 0 Å². The molecular formula is C15H16N2. The summed E-state index contributed by atoms with van der Waals surface area (Å²) < 4.78 is 0. The third-order valence-electron chi connectivity index (χ3n) is 3.47. The van der Waals surface area contributed by atoms with Gasteiger partial charge in [0.2, 0.25) is 0 Å². The molecule has 0 amide bonds. The zero-order valence-electron chi connectivity index (χ0n) is 9.87. The van der Waals surface area contributed by atoms with Crippen LogP contribution in [0.25, 0.3) is 5.57 Å². The predicted octanol–water partition coefficient (Wildman–Crippen LogP) is 3.03. The van der Waals surface area contributed by atoms with Gasteiger partial charge in [-0.05, 0) is 36.0 Å². The second-order valence-electron chi connectivity index (χ2n) is 4.70. The van der Waals surface area contributed by atoms with Crippen molar-refractivity contribution < 1.29 is 0 Å². The minimum absolute atomic E-state index is 0.625. The Morgan fingerprint density at radius 2 is 2.18 bits per heavy atom. The second kappa shape index (κ2) is 3.88. The van der Waals surface area contributed by atoms with Gasteiger partial charge in [0.05, 0.1) is 0 Å². The standard InChI is InChI=1S/C15H16N2/c1-10-9-12-7-4-8-13(11-5-2-3-6-11)14(12)15(16)17-10/h4-5,7-8H,1-3,6,9H2,(H2,16,17). The van der Waals surface area contributed by atoms with Crippen molar-refractivity contribution in [3.63, 3.8) is 0 Å². The van der Waals surface area contributed by atoms with E-state index in [-0.39, 0.29) is 0 Å². The molecule has 1 aliphatic carbocycles. The van der Waals surface area contributed by atoms with Crippen LogP contribution in [0.4, 0.5) is 0 Å². The van der Waals surface area contributed by atoms with Gasteiger partial charge in [-0.25, -0.2) is 4.99 Å². The number of aliphatic imine (C=N–C) groups is 1. The zero-order chi connectivity index (χ0) is 11.8. The maximum atomic E-state index is 6.07. The number of fused-ring (bicyclic) bond motifs is 1. The summed E-state index contributed by atoms with van der Waals surface area (Å²) in [4.78, 5) is 4.33. The van der Waals surface area contributed by atoms with Crippen LogP contribution >= 0.6 is 0 Å². The van der Waals surface area contributed by atoms with Crippen molar-refractivity contribution in [2.75, 3.05) is 0 Å². The van der Waals surface area contributed by atoms with E-state index >= 15 is 0 Å². The SMILES string of the molecule is C=C1Cc2cccc(C3=CCCC3)c2C(N)=N1. The van der Waals surface area contributed by atoms with Gasteiger partial charge in [-0.1, -0.05) is 30.9 Å². The molecule has 2 N–H and O–H groups in total. The normalized spacial score (nSPS) is 18.7. The monoisotopic (exact) mass is 224 g/mol. The van der Waals surface area contributed by atoms with Crippen molar-refractivity contribution in [2.24, 2.45) is 10.7 Å². The van der Waals surface area contributed by atoms with Crippen LogP contribution in [0.3, 0.4) is 0 Å². The van der Waals surface area contributed by atoms with E-state index in [1.165, 1.54) is 29.5 Å². The summed E-state index contributed by atoms with van der Waals surface area (Å²) in [5.41, 5.74) is 12.0. The van der Waals surface area contributed by atoms with Gasteiger partial charge in [0, 0.05) is 17.7 Å². The van der Waals surface area contributed by atoms with Crippen molar-refractivity contribution in [2.45, 2.75) is 25.7 Å². The Bertz CT molecular complexity index is 550. The molecule has 3 rings (SSSR count). The topological polar surface area (TPSA) is 38.4 Å². The summed E-state index contributed by atoms with van der Waals surface area (Å²) in [6.07, 6.45) is 6.74. The summed E-state index contributed by atoms with van der Waals surface area (Å²) >= 11 is 0. The first kappa shape index (κ1) is 10.3. The summed E-state index contributed by atoms with van der Waals surface area (Å²) in [6, 6.07) is 6.40. The molecule has 0 bridgehead atoms. The van der Waals surface area contributed by atoms with Gasteiger partial charge in [0.25, 0.3) is 0 Å². The Morgan fingerprint density at radius 3 is 2.94 bits per heavy atom. The molecule has 0 unspecified atom stereocenters. The van der Waals surface area contributed by atoms with Crippen LogP contribution < -0.4 is 5.73 Å². The van der Waals surface area contributed by atoms with E-state index < -0.39 is 0 Å². The highest BCUT2D eigenvalue weighted by atomic mass is 14.9. The molecule has 1 aromatic carbocycles. The van der Waals surface area contributed by atoms with E-state index in [0.29, 0.717) is 5.84 Å². The van der Waals surface area contributed by atoms with Crippen molar-refractivity contribution in [3.8, 4) is 0 Å². The van der Waals surface area contributed by atoms with Crippen molar-refractivity contribution >= 4 is 11.4 Å². The number of benzene rings is 1. The lowest BCUT2D eigenvalue weighted by molar-refractivity contribution is 0.934. The van der Waals surface area contributed by atoms with Crippen LogP contribution in [0.15, 0.2) is 41.5 Å². The average molecular weight is 224 g/mol. The number of amidine groups is 1. The van der Waals surface area contributed by atoms with E-state index in [0.717, 1.165) is 24.1 Å². The van der Waals surface area contributed by atoms with Gasteiger partial charge in [0.1, 0.15) is 5.84 Å². The van der Waals surface area contributed by atoms with Gasteiger partial charge in [-0.3, -0.25) is 0 Å². The average Bonchev–Trinajstić information content (AvgIpc) is 2.80. The molecule has 2 heteroatoms. The third kappa shape index (κ3) is 1.70. The van der Waals surface area contributed by atoms with Crippen LogP contribution in [-0.2, 0) is 6.42 Å². The van der Waals surface area contributed by atoms with Crippen molar-refractivity contribution in [1.82, 2.24) is 0 Å². The van der Waals surface area contributed by atoms with Gasteiger partial charge in [-0.2, -0.15) is 0 Å². The number of rotatable bonds is 1. The molecule has 0 spiro atoms. The van der Waals surface area contributed by atoms with Gasteiger partial charge in [-0.15, -0.1) is 0 Å². The van der Waals surface area contributed by atoms with E-state index in [1.807, 2.05) is 0 Å². The number of hydrogen-bond acceptors (Lipinski definition) is 2. The molecule has 0 saturated heterocycles. The number of allylic oxidation sites excluding steroid dienone is 3. The Morgan fingerprint density at radius 1 is 1.29 bits per heavy atom. The van der Waals surface area contributed by atoms with E-state index in [4.69, 9.17) is 5.73 Å². The van der Waals surface area contributed by atoms with Crippen molar-refractivity contribution in [3.05, 3.63) is 53.2 Å². The lowest BCUT2D eigenvalue weighted by Gasteiger charge is -2.19. The number of hydrogen-bond donors (Lipinski definition) is 1. The van der Waals surface area contributed by atoms with Crippen LogP contribution in [0.5, 0.6) is 0 Å². The highest BCUT2D eigenvalue weighted by molar-refractivity contribution is 6.04. The molecule has 0 atom stereocenters. The molecule has 2 nitrogen and oxygen atoms in total. The second-order valence-corrected chi connectivity index (χ2v) is 4.70. The summed E-state index contributed by atoms with van der Waals surface area (Å²) in [6.45, 7) is 3.91. The molecule has 17 heavy (non-hydrogen) atoms. The first-order valence-electron chi connectivity index (χ1n) is 6.09. The lowest BCUT2D eigenvalue weighted by Crippen LogP contribution is -2.21. The Kier molecular flexibility index (Phi) is 2.36. The summed E-state index contributed by atoms with van der Waals surface area (Å²) in [5, 5.41) is 0. The molecule has 0 saturated carbocycles. The van der Waals surface area contributed by atoms with Crippen LogP contribution in [0, 0.1) is 0 Å². The fourth-order valence-electron chi connectivity index (χ4n) is 2.72. The Balaban J connectivity index is 2.18. The quantitative estimate of drug-likeness (QED) is 0.782. The fraction of sp³-hybridized carbons (Fsp3) is 0.267. The first-order valence-corrected chi connectivity index (χ1v) is 6.09. The zero-order valence-corrected chi connectivity index (χ0v) is 9.87. The maximum absolute atomic E-state index is 6.07. The molecule has 1 aromatic rings. The minimum Gasteiger partial charge on any atom is -0.383 e. The van der Waals surface area contributed by atoms with Crippen LogP contribution in [0.2, 0.25) is 0 Å². The summed E-state index contributed by atoms with van der Waals surface area (Å²) in [5.74, 6) is 0.625. The fourth-order valence-corrected chi connectivity index (χ4v) is 2.72. The molecule has 1 aliphatic heterocycles. The van der Waals surface area contributed by atoms with Crippen LogP contribution in [-0.4, -0.2) is 5.84 Å². The molecule has 0 fully saturated rings. The molecule has 0 radical (unpaired) electrons. The third-order valence-corrected chi connectivity index (χ3v) is 3.47. The van der Waals surface area contributed by atoms with Crippen LogP contribution in [0.1, 0.15) is 36.0 Å². The van der Waals surface area contributed by atoms with Gasteiger partial charge >= 0.3 is 0 Å². The highest BCUT2D eigenvalue weighted by Crippen LogP contribution is 2.33.